The summed E-state index contributed by atoms with van der Waals surface area (Å²) >= 11 is 0. The summed E-state index contributed by atoms with van der Waals surface area (Å²) in [4.78, 5) is 0. The average molecular weight is 287 g/mol. The maximum absolute atomic E-state index is 12.3. The number of rotatable bonds is 8. The van der Waals surface area contributed by atoms with Crippen LogP contribution in [-0.2, 0) is 6.54 Å². The van der Waals surface area contributed by atoms with Crippen molar-refractivity contribution in [2.45, 2.75) is 32.1 Å². The highest BCUT2D eigenvalue weighted by Crippen LogP contribution is 2.32. The van der Waals surface area contributed by atoms with Crippen LogP contribution in [0.25, 0.3) is 0 Å². The normalized spacial score (nSPS) is 16.2. The Morgan fingerprint density at radius 1 is 1.35 bits per heavy atom. The lowest BCUT2D eigenvalue weighted by Crippen LogP contribution is -2.27. The number of aliphatic hydroxyl groups excluding tert-OH is 1. The quantitative estimate of drug-likeness (QED) is 0.769. The standard InChI is InChI=1S/C14H19F2NO3/c1-19-12-5-2-9(6-13(12)20-14(15)16)7-17-8-11(18)10-3-4-10/h2,5-6,10-11,14,17-18H,3-4,7-8H2,1H3. The van der Waals surface area contributed by atoms with Gasteiger partial charge >= 0.3 is 6.61 Å². The summed E-state index contributed by atoms with van der Waals surface area (Å²) < 4.78 is 34.0. The summed E-state index contributed by atoms with van der Waals surface area (Å²) in [6.45, 7) is -1.90. The number of hydrogen-bond acceptors (Lipinski definition) is 4. The zero-order chi connectivity index (χ0) is 14.5. The molecule has 0 heterocycles. The van der Waals surface area contributed by atoms with Crippen LogP contribution in [0, 0.1) is 5.92 Å². The van der Waals surface area contributed by atoms with Gasteiger partial charge in [0.15, 0.2) is 11.5 Å². The maximum atomic E-state index is 12.3. The van der Waals surface area contributed by atoms with Gasteiger partial charge < -0.3 is 19.9 Å². The van der Waals surface area contributed by atoms with Gasteiger partial charge in [-0.1, -0.05) is 6.07 Å². The first-order valence-corrected chi connectivity index (χ1v) is 6.60. The summed E-state index contributed by atoms with van der Waals surface area (Å²) in [5.74, 6) is 0.702. The van der Waals surface area contributed by atoms with Gasteiger partial charge in [-0.15, -0.1) is 0 Å². The van der Waals surface area contributed by atoms with Gasteiger partial charge in [0, 0.05) is 13.1 Å². The van der Waals surface area contributed by atoms with Crippen LogP contribution in [0.3, 0.4) is 0 Å². The highest BCUT2D eigenvalue weighted by molar-refractivity contribution is 5.42. The summed E-state index contributed by atoms with van der Waals surface area (Å²) in [6, 6.07) is 4.88. The largest absolute Gasteiger partial charge is 0.493 e. The van der Waals surface area contributed by atoms with Gasteiger partial charge in [-0.25, -0.2) is 0 Å². The Balaban J connectivity index is 1.89. The summed E-state index contributed by atoms with van der Waals surface area (Å²) in [7, 11) is 1.40. The van der Waals surface area contributed by atoms with Crippen molar-refractivity contribution in [1.29, 1.82) is 0 Å². The third-order valence-electron chi connectivity index (χ3n) is 3.29. The number of hydrogen-bond donors (Lipinski definition) is 2. The topological polar surface area (TPSA) is 50.7 Å². The van der Waals surface area contributed by atoms with Crippen LogP contribution in [-0.4, -0.2) is 31.5 Å². The van der Waals surface area contributed by atoms with Crippen molar-refractivity contribution in [2.24, 2.45) is 5.92 Å². The summed E-state index contributed by atoms with van der Waals surface area (Å²) in [6.07, 6.45) is 1.83. The molecule has 2 rings (SSSR count). The van der Waals surface area contributed by atoms with E-state index in [0.29, 0.717) is 19.0 Å². The van der Waals surface area contributed by atoms with Crippen LogP contribution in [0.5, 0.6) is 11.5 Å². The molecule has 1 aromatic rings. The molecule has 2 N–H and O–H groups in total. The number of halogens is 2. The first kappa shape index (κ1) is 15.0. The Morgan fingerprint density at radius 2 is 2.10 bits per heavy atom. The molecule has 6 heteroatoms. The van der Waals surface area contributed by atoms with Crippen LogP contribution in [0.4, 0.5) is 8.78 Å². The molecule has 1 unspecified atom stereocenters. The zero-order valence-electron chi connectivity index (χ0n) is 11.3. The van der Waals surface area contributed by atoms with Gasteiger partial charge in [0.1, 0.15) is 0 Å². The summed E-state index contributed by atoms with van der Waals surface area (Å²) in [5.41, 5.74) is 0.796. The molecular weight excluding hydrogens is 268 g/mol. The van der Waals surface area contributed by atoms with Crippen molar-refractivity contribution in [3.8, 4) is 11.5 Å². The Kier molecular flexibility index (Phi) is 5.14. The molecule has 20 heavy (non-hydrogen) atoms. The van der Waals surface area contributed by atoms with Crippen LogP contribution in [0.15, 0.2) is 18.2 Å². The molecule has 112 valence electrons. The molecule has 1 fully saturated rings. The fourth-order valence-corrected chi connectivity index (χ4v) is 2.03. The van der Waals surface area contributed by atoms with E-state index in [1.165, 1.54) is 13.2 Å². The van der Waals surface area contributed by atoms with E-state index in [9.17, 15) is 13.9 Å². The van der Waals surface area contributed by atoms with Gasteiger partial charge in [0.05, 0.1) is 13.2 Å². The van der Waals surface area contributed by atoms with Gasteiger partial charge in [-0.05, 0) is 36.5 Å². The highest BCUT2D eigenvalue weighted by atomic mass is 19.3. The van der Waals surface area contributed by atoms with Crippen molar-refractivity contribution >= 4 is 0 Å². The molecule has 1 aromatic carbocycles. The number of benzene rings is 1. The van der Waals surface area contributed by atoms with Crippen molar-refractivity contribution in [3.63, 3.8) is 0 Å². The summed E-state index contributed by atoms with van der Waals surface area (Å²) in [5, 5.41) is 12.8. The van der Waals surface area contributed by atoms with Crippen LogP contribution in [0.2, 0.25) is 0 Å². The second kappa shape index (κ2) is 6.85. The fourth-order valence-electron chi connectivity index (χ4n) is 2.03. The van der Waals surface area contributed by atoms with E-state index >= 15 is 0 Å². The molecule has 1 aliphatic rings. The van der Waals surface area contributed by atoms with E-state index in [1.807, 2.05) is 0 Å². The van der Waals surface area contributed by atoms with Gasteiger partial charge in [-0.3, -0.25) is 0 Å². The first-order valence-electron chi connectivity index (χ1n) is 6.60. The Bertz CT molecular complexity index is 438. The van der Waals surface area contributed by atoms with E-state index < -0.39 is 6.61 Å². The van der Waals surface area contributed by atoms with Crippen molar-refractivity contribution in [2.75, 3.05) is 13.7 Å². The molecule has 0 aliphatic heterocycles. The van der Waals surface area contributed by atoms with Crippen molar-refractivity contribution in [3.05, 3.63) is 23.8 Å². The molecule has 0 spiro atoms. The third kappa shape index (κ3) is 4.31. The lowest BCUT2D eigenvalue weighted by molar-refractivity contribution is -0.0512. The lowest BCUT2D eigenvalue weighted by atomic mass is 10.2. The van der Waals surface area contributed by atoms with Crippen LogP contribution in [0.1, 0.15) is 18.4 Å². The molecule has 1 saturated carbocycles. The SMILES string of the molecule is COc1ccc(CNCC(O)C2CC2)cc1OC(F)F. The number of nitrogens with one attached hydrogen (secondary N) is 1. The van der Waals surface area contributed by atoms with Crippen molar-refractivity contribution < 1.29 is 23.4 Å². The third-order valence-corrected chi connectivity index (χ3v) is 3.29. The van der Waals surface area contributed by atoms with E-state index in [-0.39, 0.29) is 17.6 Å². The first-order chi connectivity index (χ1) is 9.60. The predicted octanol–water partition coefficient (Wildman–Crippen LogP) is 2.16. The highest BCUT2D eigenvalue weighted by Gasteiger charge is 2.29. The van der Waals surface area contributed by atoms with Gasteiger partial charge in [0.25, 0.3) is 0 Å². The van der Waals surface area contributed by atoms with E-state index in [4.69, 9.17) is 4.74 Å². The predicted molar refractivity (Wildman–Crippen MR) is 70.1 cm³/mol. The maximum Gasteiger partial charge on any atom is 0.387 e. The Hall–Kier alpha value is -1.40. The molecule has 1 atom stereocenters. The Morgan fingerprint density at radius 3 is 2.70 bits per heavy atom. The minimum Gasteiger partial charge on any atom is -0.493 e. The second-order valence-electron chi connectivity index (χ2n) is 4.90. The second-order valence-corrected chi connectivity index (χ2v) is 4.90. The van der Waals surface area contributed by atoms with Crippen molar-refractivity contribution in [1.82, 2.24) is 5.32 Å². The fraction of sp³-hybridized carbons (Fsp3) is 0.571. The average Bonchev–Trinajstić information content (AvgIpc) is 3.22. The number of methoxy groups -OCH3 is 1. The van der Waals surface area contributed by atoms with Crippen LogP contribution < -0.4 is 14.8 Å². The monoisotopic (exact) mass is 287 g/mol. The van der Waals surface area contributed by atoms with E-state index in [2.05, 4.69) is 10.1 Å². The molecule has 0 aromatic heterocycles. The molecule has 1 aliphatic carbocycles. The zero-order valence-corrected chi connectivity index (χ0v) is 11.3. The minimum absolute atomic E-state index is 0.0181. The minimum atomic E-state index is -2.89. The molecule has 0 saturated heterocycles. The molecular formula is C14H19F2NO3. The Labute approximate surface area is 116 Å². The molecule has 0 bridgehead atoms. The smallest absolute Gasteiger partial charge is 0.387 e. The molecule has 4 nitrogen and oxygen atoms in total. The van der Waals surface area contributed by atoms with Gasteiger partial charge in [-0.2, -0.15) is 8.78 Å². The lowest BCUT2D eigenvalue weighted by Gasteiger charge is -2.13. The van der Waals surface area contributed by atoms with E-state index in [1.54, 1.807) is 12.1 Å². The number of aliphatic hydroxyl groups is 1. The number of alkyl halides is 2. The number of ether oxygens (including phenoxy) is 2. The van der Waals surface area contributed by atoms with Crippen LogP contribution >= 0.6 is 0 Å². The van der Waals surface area contributed by atoms with Gasteiger partial charge in [0.2, 0.25) is 0 Å². The van der Waals surface area contributed by atoms with E-state index in [0.717, 1.165) is 18.4 Å². The molecule has 0 amide bonds. The molecule has 0 radical (unpaired) electrons.